The van der Waals surface area contributed by atoms with Gasteiger partial charge in [0.15, 0.2) is 0 Å². The van der Waals surface area contributed by atoms with Gasteiger partial charge in [-0.1, -0.05) is 18.2 Å². The number of hydrogen-bond acceptors (Lipinski definition) is 5. The summed E-state index contributed by atoms with van der Waals surface area (Å²) in [6.07, 6.45) is 0. The van der Waals surface area contributed by atoms with Gasteiger partial charge in [-0.25, -0.2) is 4.79 Å². The Morgan fingerprint density at radius 3 is 2.71 bits per heavy atom. The monoisotopic (exact) mass is 321 g/mol. The Morgan fingerprint density at radius 2 is 2.00 bits per heavy atom. The fraction of sp³-hybridized carbons (Fsp3) is 0.200. The van der Waals surface area contributed by atoms with Gasteiger partial charge in [0.2, 0.25) is 5.91 Å². The normalized spacial score (nSPS) is 10.1. The first-order chi connectivity index (χ1) is 10.2. The van der Waals surface area contributed by atoms with Crippen molar-refractivity contribution in [2.24, 2.45) is 0 Å². The molecule has 1 N–H and O–H groups in total. The molecule has 6 heteroatoms. The molecule has 2 aromatic rings. The van der Waals surface area contributed by atoms with Gasteiger partial charge in [0.1, 0.15) is 5.00 Å². The van der Waals surface area contributed by atoms with Gasteiger partial charge in [-0.05, 0) is 30.5 Å². The lowest BCUT2D eigenvalue weighted by Crippen LogP contribution is -2.15. The fourth-order valence-corrected chi connectivity index (χ4v) is 3.11. The highest BCUT2D eigenvalue weighted by Crippen LogP contribution is 2.25. The maximum atomic E-state index is 11.9. The van der Waals surface area contributed by atoms with E-state index in [1.807, 2.05) is 30.3 Å². The van der Waals surface area contributed by atoms with E-state index in [1.54, 1.807) is 18.4 Å². The van der Waals surface area contributed by atoms with Crippen LogP contribution in [0.3, 0.4) is 0 Å². The van der Waals surface area contributed by atoms with Crippen LogP contribution in [0.5, 0.6) is 0 Å². The van der Waals surface area contributed by atoms with E-state index in [0.29, 0.717) is 22.9 Å². The molecule has 0 unspecified atom stereocenters. The lowest BCUT2D eigenvalue weighted by atomic mass is 10.3. The summed E-state index contributed by atoms with van der Waals surface area (Å²) < 4.78 is 4.95. The summed E-state index contributed by atoms with van der Waals surface area (Å²) in [6.45, 7) is 2.06. The number of benzene rings is 1. The topological polar surface area (TPSA) is 55.4 Å². The van der Waals surface area contributed by atoms with Gasteiger partial charge in [-0.15, -0.1) is 23.1 Å². The van der Waals surface area contributed by atoms with Crippen molar-refractivity contribution < 1.29 is 14.3 Å². The first kappa shape index (κ1) is 15.6. The molecule has 0 radical (unpaired) electrons. The van der Waals surface area contributed by atoms with E-state index in [4.69, 9.17) is 4.74 Å². The minimum atomic E-state index is -0.412. The van der Waals surface area contributed by atoms with Crippen molar-refractivity contribution in [1.29, 1.82) is 0 Å². The summed E-state index contributed by atoms with van der Waals surface area (Å²) in [4.78, 5) is 24.7. The van der Waals surface area contributed by atoms with Gasteiger partial charge >= 0.3 is 5.97 Å². The van der Waals surface area contributed by atoms with Crippen LogP contribution in [0.2, 0.25) is 0 Å². The van der Waals surface area contributed by atoms with E-state index in [0.717, 1.165) is 4.90 Å². The molecule has 4 nitrogen and oxygen atoms in total. The summed E-state index contributed by atoms with van der Waals surface area (Å²) >= 11 is 2.76. The number of thiophene rings is 1. The Kier molecular flexibility index (Phi) is 5.83. The van der Waals surface area contributed by atoms with Gasteiger partial charge in [-0.2, -0.15) is 0 Å². The Bertz CT molecular complexity index is 610. The molecule has 1 heterocycles. The number of carbonyl (C=O) groups excluding carboxylic acids is 2. The fourth-order valence-electron chi connectivity index (χ4n) is 1.60. The largest absolute Gasteiger partial charge is 0.462 e. The zero-order valence-corrected chi connectivity index (χ0v) is 13.1. The number of amides is 1. The first-order valence-corrected chi connectivity index (χ1v) is 8.29. The second kappa shape index (κ2) is 7.85. The maximum Gasteiger partial charge on any atom is 0.341 e. The van der Waals surface area contributed by atoms with Crippen LogP contribution < -0.4 is 5.32 Å². The molecular weight excluding hydrogens is 306 g/mol. The van der Waals surface area contributed by atoms with Gasteiger partial charge in [0.05, 0.1) is 17.9 Å². The summed E-state index contributed by atoms with van der Waals surface area (Å²) in [5.41, 5.74) is 0.403. The van der Waals surface area contributed by atoms with E-state index >= 15 is 0 Å². The highest BCUT2D eigenvalue weighted by Gasteiger charge is 2.15. The van der Waals surface area contributed by atoms with Gasteiger partial charge in [0.25, 0.3) is 0 Å². The second-order valence-corrected chi connectivity index (χ2v) is 6.00. The number of rotatable bonds is 6. The van der Waals surface area contributed by atoms with Crippen molar-refractivity contribution in [2.75, 3.05) is 17.7 Å². The number of ether oxygens (including phenoxy) is 1. The zero-order chi connectivity index (χ0) is 15.1. The van der Waals surface area contributed by atoms with Crippen molar-refractivity contribution in [3.05, 3.63) is 47.3 Å². The molecule has 0 aliphatic carbocycles. The molecule has 0 aliphatic heterocycles. The van der Waals surface area contributed by atoms with Crippen LogP contribution >= 0.6 is 23.1 Å². The highest BCUT2D eigenvalue weighted by atomic mass is 32.2. The second-order valence-electron chi connectivity index (χ2n) is 4.03. The van der Waals surface area contributed by atoms with Gasteiger partial charge < -0.3 is 10.1 Å². The standard InChI is InChI=1S/C15H15NO3S2/c1-2-19-15(18)12-8-9-20-14(12)16-13(17)10-21-11-6-4-3-5-7-11/h3-9H,2,10H2,1H3,(H,16,17). The van der Waals surface area contributed by atoms with Crippen molar-refractivity contribution in [2.45, 2.75) is 11.8 Å². The molecule has 1 amide bonds. The molecule has 0 spiro atoms. The molecular formula is C15H15NO3S2. The van der Waals surface area contributed by atoms with E-state index in [-0.39, 0.29) is 5.91 Å². The zero-order valence-electron chi connectivity index (χ0n) is 11.5. The molecule has 110 valence electrons. The van der Waals surface area contributed by atoms with Crippen molar-refractivity contribution in [3.8, 4) is 0 Å². The van der Waals surface area contributed by atoms with Crippen molar-refractivity contribution >= 4 is 40.0 Å². The van der Waals surface area contributed by atoms with Crippen LogP contribution in [0.15, 0.2) is 46.7 Å². The van der Waals surface area contributed by atoms with E-state index in [2.05, 4.69) is 5.32 Å². The number of anilines is 1. The summed E-state index contributed by atoms with van der Waals surface area (Å²) in [7, 11) is 0. The number of esters is 1. The highest BCUT2D eigenvalue weighted by molar-refractivity contribution is 8.00. The molecule has 0 atom stereocenters. The van der Waals surface area contributed by atoms with Crippen LogP contribution in [-0.2, 0) is 9.53 Å². The average molecular weight is 321 g/mol. The molecule has 2 rings (SSSR count). The molecule has 1 aromatic heterocycles. The van der Waals surface area contributed by atoms with Gasteiger partial charge in [0, 0.05) is 4.90 Å². The lowest BCUT2D eigenvalue weighted by Gasteiger charge is -2.06. The summed E-state index contributed by atoms with van der Waals surface area (Å²) in [5, 5.41) is 5.05. The van der Waals surface area contributed by atoms with E-state index in [9.17, 15) is 9.59 Å². The number of hydrogen-bond donors (Lipinski definition) is 1. The minimum Gasteiger partial charge on any atom is -0.462 e. The third-order valence-corrected chi connectivity index (χ3v) is 4.37. The van der Waals surface area contributed by atoms with Crippen LogP contribution in [-0.4, -0.2) is 24.2 Å². The van der Waals surface area contributed by atoms with Crippen molar-refractivity contribution in [1.82, 2.24) is 0 Å². The van der Waals surface area contributed by atoms with E-state index in [1.165, 1.54) is 23.1 Å². The Hall–Kier alpha value is -1.79. The van der Waals surface area contributed by atoms with Crippen LogP contribution in [0, 0.1) is 0 Å². The Labute approximate surface area is 131 Å². The maximum absolute atomic E-state index is 11.9. The SMILES string of the molecule is CCOC(=O)c1ccsc1NC(=O)CSc1ccccc1. The third-order valence-electron chi connectivity index (χ3n) is 2.53. The predicted molar refractivity (Wildman–Crippen MR) is 86.1 cm³/mol. The minimum absolute atomic E-state index is 0.142. The number of nitrogens with one attached hydrogen (secondary N) is 1. The van der Waals surface area contributed by atoms with E-state index < -0.39 is 5.97 Å². The molecule has 0 fully saturated rings. The molecule has 1 aromatic carbocycles. The Balaban J connectivity index is 1.91. The van der Waals surface area contributed by atoms with Crippen LogP contribution in [0.1, 0.15) is 17.3 Å². The van der Waals surface area contributed by atoms with Gasteiger partial charge in [-0.3, -0.25) is 4.79 Å². The summed E-state index contributed by atoms with van der Waals surface area (Å²) in [5.74, 6) is -0.258. The third kappa shape index (κ3) is 4.61. The average Bonchev–Trinajstić information content (AvgIpc) is 2.95. The molecule has 0 saturated carbocycles. The Morgan fingerprint density at radius 1 is 1.24 bits per heavy atom. The predicted octanol–water partition coefficient (Wildman–Crippen LogP) is 3.66. The lowest BCUT2D eigenvalue weighted by molar-refractivity contribution is -0.113. The molecule has 0 aliphatic rings. The first-order valence-electron chi connectivity index (χ1n) is 6.43. The van der Waals surface area contributed by atoms with Crippen LogP contribution in [0.25, 0.3) is 0 Å². The molecule has 0 saturated heterocycles. The summed E-state index contributed by atoms with van der Waals surface area (Å²) in [6, 6.07) is 11.3. The smallest absolute Gasteiger partial charge is 0.341 e. The number of thioether (sulfide) groups is 1. The van der Waals surface area contributed by atoms with Crippen molar-refractivity contribution in [3.63, 3.8) is 0 Å². The molecule has 21 heavy (non-hydrogen) atoms. The quantitative estimate of drug-likeness (QED) is 0.652. The van der Waals surface area contributed by atoms with Crippen LogP contribution in [0.4, 0.5) is 5.00 Å². The molecule has 0 bridgehead atoms. The number of carbonyl (C=O) groups is 2.